The zero-order valence-corrected chi connectivity index (χ0v) is 32.7. The van der Waals surface area contributed by atoms with E-state index in [9.17, 15) is 5.11 Å². The predicted octanol–water partition coefficient (Wildman–Crippen LogP) is 13.3. The first-order valence-electron chi connectivity index (χ1n) is 17.7. The van der Waals surface area contributed by atoms with E-state index in [0.29, 0.717) is 0 Å². The minimum absolute atomic E-state index is 0.0313. The number of phenols is 1. The van der Waals surface area contributed by atoms with Crippen molar-refractivity contribution in [3.05, 3.63) is 113 Å². The molecular formula is C46H52N2OS. The lowest BCUT2D eigenvalue weighted by atomic mass is 9.79. The van der Waals surface area contributed by atoms with Crippen molar-refractivity contribution in [1.29, 1.82) is 0 Å². The van der Waals surface area contributed by atoms with Gasteiger partial charge in [-0.25, -0.2) is 4.98 Å². The number of phenolic OH excluding ortho intramolecular Hbond substituents is 1. The Morgan fingerprint density at radius 3 is 1.64 bits per heavy atom. The largest absolute Gasteiger partial charge is 0.507 e. The Labute approximate surface area is 303 Å². The summed E-state index contributed by atoms with van der Waals surface area (Å²) < 4.78 is 1.11. The Bertz CT molecular complexity index is 2180. The molecule has 3 nitrogen and oxygen atoms in total. The molecule has 6 aromatic rings. The molecule has 0 fully saturated rings. The summed E-state index contributed by atoms with van der Waals surface area (Å²) in [7, 11) is 0. The number of nitrogens with zero attached hydrogens (tertiary/aromatic N) is 2. The van der Waals surface area contributed by atoms with Crippen LogP contribution in [0.1, 0.15) is 105 Å². The maximum atomic E-state index is 10.7. The van der Waals surface area contributed by atoms with E-state index in [-0.39, 0.29) is 27.4 Å². The fourth-order valence-corrected chi connectivity index (χ4v) is 7.31. The molecule has 0 spiro atoms. The van der Waals surface area contributed by atoms with Crippen LogP contribution in [0.15, 0.2) is 91.1 Å². The van der Waals surface area contributed by atoms with E-state index in [1.165, 1.54) is 33.4 Å². The minimum atomic E-state index is -0.0885. The smallest absolute Gasteiger partial charge is 0.128 e. The van der Waals surface area contributed by atoms with Crippen molar-refractivity contribution in [2.24, 2.45) is 0 Å². The second kappa shape index (κ2) is 12.5. The van der Waals surface area contributed by atoms with Gasteiger partial charge in [0.25, 0.3) is 0 Å². The molecule has 0 atom stereocenters. The van der Waals surface area contributed by atoms with Gasteiger partial charge in [-0.3, -0.25) is 4.98 Å². The maximum absolute atomic E-state index is 10.7. The van der Waals surface area contributed by atoms with Gasteiger partial charge in [0.1, 0.15) is 10.8 Å². The summed E-state index contributed by atoms with van der Waals surface area (Å²) in [5, 5.41) is 11.5. The molecule has 258 valence electrons. The van der Waals surface area contributed by atoms with Crippen molar-refractivity contribution in [3.8, 4) is 49.8 Å². The second-order valence-corrected chi connectivity index (χ2v) is 19.0. The topological polar surface area (TPSA) is 46.0 Å². The zero-order valence-electron chi connectivity index (χ0n) is 31.9. The molecule has 0 unspecified atom stereocenters. The number of aromatic nitrogens is 2. The Hall–Kier alpha value is -4.28. The number of fused-ring (bicyclic) bond motifs is 1. The van der Waals surface area contributed by atoms with Gasteiger partial charge in [0.15, 0.2) is 0 Å². The first kappa shape index (κ1) is 35.5. The van der Waals surface area contributed by atoms with E-state index < -0.39 is 0 Å². The van der Waals surface area contributed by atoms with Crippen LogP contribution in [0.25, 0.3) is 54.3 Å². The second-order valence-electron chi connectivity index (χ2n) is 17.9. The van der Waals surface area contributed by atoms with Crippen molar-refractivity contribution in [2.45, 2.75) is 105 Å². The molecule has 0 bridgehead atoms. The fraction of sp³-hybridized carbons (Fsp3) is 0.348. The van der Waals surface area contributed by atoms with Crippen LogP contribution in [0.3, 0.4) is 0 Å². The van der Waals surface area contributed by atoms with Crippen molar-refractivity contribution in [1.82, 2.24) is 9.97 Å². The first-order valence-corrected chi connectivity index (χ1v) is 18.5. The molecule has 4 heteroatoms. The van der Waals surface area contributed by atoms with E-state index in [2.05, 4.69) is 144 Å². The molecule has 1 N–H and O–H groups in total. The Morgan fingerprint density at radius 1 is 0.500 bits per heavy atom. The predicted molar refractivity (Wildman–Crippen MR) is 216 cm³/mol. The third-order valence-electron chi connectivity index (χ3n) is 9.66. The highest BCUT2D eigenvalue weighted by Gasteiger charge is 2.24. The van der Waals surface area contributed by atoms with Crippen LogP contribution in [-0.2, 0) is 21.7 Å². The lowest BCUT2D eigenvalue weighted by molar-refractivity contribution is 0.477. The zero-order chi connectivity index (χ0) is 36.4. The monoisotopic (exact) mass is 680 g/mol. The van der Waals surface area contributed by atoms with E-state index in [1.807, 2.05) is 24.4 Å². The normalized spacial score (nSPS) is 12.9. The van der Waals surface area contributed by atoms with Crippen LogP contribution in [0, 0.1) is 0 Å². The van der Waals surface area contributed by atoms with Gasteiger partial charge in [-0.1, -0.05) is 119 Å². The summed E-state index contributed by atoms with van der Waals surface area (Å²) in [6.45, 7) is 27.3. The average Bonchev–Trinajstić information content (AvgIpc) is 3.47. The molecule has 0 saturated heterocycles. The molecule has 0 amide bonds. The van der Waals surface area contributed by atoms with Crippen molar-refractivity contribution >= 4 is 21.6 Å². The Balaban J connectivity index is 1.57. The summed E-state index contributed by atoms with van der Waals surface area (Å²) in [5.74, 6) is 0.245. The number of pyridine rings is 1. The number of benzene rings is 4. The van der Waals surface area contributed by atoms with Crippen molar-refractivity contribution in [3.63, 3.8) is 0 Å². The Kier molecular flexibility index (Phi) is 8.88. The number of hydrogen-bond acceptors (Lipinski definition) is 4. The lowest BCUT2D eigenvalue weighted by Crippen LogP contribution is -2.16. The van der Waals surface area contributed by atoms with Crippen LogP contribution in [-0.4, -0.2) is 15.1 Å². The molecule has 0 radical (unpaired) electrons. The SMILES string of the molecule is CC(C)(C)c1cc(-c2cc(-c3cc(C(C)(C)C)cc(C(C)(C)C)c3)ccn2)cc(-c2cc(C(C)(C)C)cc3sc(-c4ccccc4O)nc23)c1. The standard InChI is InChI=1S/C46H52N2OS/c1-43(2,3)32-22-30(37-26-35(46(10,11)12)27-40-41(37)48-42(50-40)36-15-13-14-16-39(36)49)19-31(23-32)38-24-28(17-18-47-38)29-20-33(44(4,5)6)25-34(21-29)45(7,8)9/h13-27,49H,1-12H3. The van der Waals surface area contributed by atoms with Gasteiger partial charge in [0.05, 0.1) is 21.5 Å². The number of aromatic hydroxyl groups is 1. The van der Waals surface area contributed by atoms with Gasteiger partial charge >= 0.3 is 0 Å². The molecule has 0 saturated carbocycles. The van der Waals surface area contributed by atoms with E-state index in [4.69, 9.17) is 9.97 Å². The fourth-order valence-electron chi connectivity index (χ4n) is 6.24. The number of para-hydroxylation sites is 1. The minimum Gasteiger partial charge on any atom is -0.507 e. The molecule has 4 aromatic carbocycles. The molecular weight excluding hydrogens is 629 g/mol. The lowest BCUT2D eigenvalue weighted by Gasteiger charge is -2.26. The summed E-state index contributed by atoms with van der Waals surface area (Å²) in [5.41, 5.74) is 13.4. The quantitative estimate of drug-likeness (QED) is 0.202. The van der Waals surface area contributed by atoms with Crippen molar-refractivity contribution < 1.29 is 5.11 Å². The summed E-state index contributed by atoms with van der Waals surface area (Å²) in [6.07, 6.45) is 1.95. The van der Waals surface area contributed by atoms with Crippen LogP contribution >= 0.6 is 11.3 Å². The van der Waals surface area contributed by atoms with E-state index in [0.717, 1.165) is 43.2 Å². The summed E-state index contributed by atoms with van der Waals surface area (Å²) >= 11 is 1.64. The summed E-state index contributed by atoms with van der Waals surface area (Å²) in [4.78, 5) is 10.2. The average molecular weight is 681 g/mol. The number of rotatable bonds is 4. The third kappa shape index (κ3) is 7.28. The highest BCUT2D eigenvalue weighted by molar-refractivity contribution is 7.21. The molecule has 2 aromatic heterocycles. The van der Waals surface area contributed by atoms with E-state index in [1.54, 1.807) is 17.4 Å². The van der Waals surface area contributed by atoms with Gasteiger partial charge in [-0.15, -0.1) is 11.3 Å². The molecule has 0 aliphatic rings. The van der Waals surface area contributed by atoms with Gasteiger partial charge in [-0.05, 0) is 109 Å². The number of thiazole rings is 1. The third-order valence-corrected chi connectivity index (χ3v) is 10.7. The van der Waals surface area contributed by atoms with Gasteiger partial charge < -0.3 is 5.11 Å². The van der Waals surface area contributed by atoms with Crippen LogP contribution in [0.4, 0.5) is 0 Å². The molecule has 6 rings (SSSR count). The number of hydrogen-bond donors (Lipinski definition) is 1. The molecule has 2 heterocycles. The highest BCUT2D eigenvalue weighted by Crippen LogP contribution is 2.43. The molecule has 0 aliphatic heterocycles. The van der Waals surface area contributed by atoms with Gasteiger partial charge in [0.2, 0.25) is 0 Å². The molecule has 0 aliphatic carbocycles. The Morgan fingerprint density at radius 2 is 1.04 bits per heavy atom. The van der Waals surface area contributed by atoms with Crippen LogP contribution < -0.4 is 0 Å². The highest BCUT2D eigenvalue weighted by atomic mass is 32.1. The van der Waals surface area contributed by atoms with Crippen molar-refractivity contribution in [2.75, 3.05) is 0 Å². The van der Waals surface area contributed by atoms with Crippen LogP contribution in [0.5, 0.6) is 5.75 Å². The maximum Gasteiger partial charge on any atom is 0.128 e. The van der Waals surface area contributed by atoms with E-state index >= 15 is 0 Å². The van der Waals surface area contributed by atoms with Gasteiger partial charge in [-0.2, -0.15) is 0 Å². The van der Waals surface area contributed by atoms with Crippen LogP contribution in [0.2, 0.25) is 0 Å². The summed E-state index contributed by atoms with van der Waals surface area (Å²) in [6, 6.07) is 30.4. The van der Waals surface area contributed by atoms with Gasteiger partial charge in [0, 0.05) is 17.3 Å². The first-order chi connectivity index (χ1) is 23.2. The molecule has 50 heavy (non-hydrogen) atoms.